The second-order valence-corrected chi connectivity index (χ2v) is 7.57. The van der Waals surface area contributed by atoms with Gasteiger partial charge in [0.25, 0.3) is 0 Å². The van der Waals surface area contributed by atoms with Gasteiger partial charge in [0.2, 0.25) is 5.91 Å². The lowest BCUT2D eigenvalue weighted by molar-refractivity contribution is -0.143. The molecule has 0 bridgehead atoms. The Kier molecular flexibility index (Phi) is 5.09. The molecule has 136 valence electrons. The Bertz CT molecular complexity index is 810. The quantitative estimate of drug-likeness (QED) is 0.657. The molecule has 0 spiro atoms. The van der Waals surface area contributed by atoms with E-state index in [0.29, 0.717) is 18.7 Å². The fourth-order valence-corrected chi connectivity index (χ4v) is 2.72. The topological polar surface area (TPSA) is 67.4 Å². The highest BCUT2D eigenvalue weighted by atomic mass is 16.5. The van der Waals surface area contributed by atoms with Crippen molar-refractivity contribution < 1.29 is 14.3 Å². The summed E-state index contributed by atoms with van der Waals surface area (Å²) in [5.41, 5.74) is 2.17. The molecule has 2 aromatic rings. The summed E-state index contributed by atoms with van der Waals surface area (Å²) >= 11 is 0. The molecule has 26 heavy (non-hydrogen) atoms. The van der Waals surface area contributed by atoms with Crippen LogP contribution in [0.3, 0.4) is 0 Å². The van der Waals surface area contributed by atoms with E-state index in [1.54, 1.807) is 18.2 Å². The van der Waals surface area contributed by atoms with Crippen LogP contribution in [-0.4, -0.2) is 17.9 Å². The average Bonchev–Trinajstić information content (AvgIpc) is 2.74. The summed E-state index contributed by atoms with van der Waals surface area (Å²) < 4.78 is 5.46. The Morgan fingerprint density at radius 1 is 1.15 bits per heavy atom. The number of carbonyl (C=O) groups excluding carboxylic acids is 2. The van der Waals surface area contributed by atoms with Crippen molar-refractivity contribution in [2.75, 3.05) is 5.32 Å². The van der Waals surface area contributed by atoms with Gasteiger partial charge in [-0.1, -0.05) is 30.3 Å². The van der Waals surface area contributed by atoms with Crippen LogP contribution in [0.2, 0.25) is 0 Å². The van der Waals surface area contributed by atoms with Gasteiger partial charge in [-0.05, 0) is 56.5 Å². The van der Waals surface area contributed by atoms with Crippen molar-refractivity contribution in [2.24, 2.45) is 5.41 Å². The van der Waals surface area contributed by atoms with Gasteiger partial charge in [0.1, 0.15) is 5.75 Å². The zero-order valence-corrected chi connectivity index (χ0v) is 15.3. The Hall–Kier alpha value is -2.66. The van der Waals surface area contributed by atoms with Gasteiger partial charge in [-0.25, -0.2) is 0 Å². The van der Waals surface area contributed by atoms with Crippen molar-refractivity contribution in [3.05, 3.63) is 59.7 Å². The van der Waals surface area contributed by atoms with Crippen molar-refractivity contribution in [3.63, 3.8) is 0 Å². The first-order chi connectivity index (χ1) is 12.3. The van der Waals surface area contributed by atoms with Crippen LogP contribution in [0.4, 0.5) is 5.69 Å². The highest BCUT2D eigenvalue weighted by molar-refractivity contribution is 5.96. The third-order valence-electron chi connectivity index (χ3n) is 4.30. The molecule has 1 aliphatic rings. The standard InChI is InChI=1S/C21H24N2O3/c1-21(2,3)20(25)26-16-9-10-17-15(12-16)13-22-18(19(24)23-17)11-14-7-5-4-6-8-14/h4-10,12,18,22H,11,13H2,1-3H3,(H,23,24). The molecule has 0 fully saturated rings. The molecule has 3 rings (SSSR count). The number of rotatable bonds is 3. The Labute approximate surface area is 153 Å². The third-order valence-corrected chi connectivity index (χ3v) is 4.30. The minimum Gasteiger partial charge on any atom is -0.426 e. The summed E-state index contributed by atoms with van der Waals surface area (Å²) in [4.78, 5) is 24.6. The van der Waals surface area contributed by atoms with Crippen molar-refractivity contribution in [2.45, 2.75) is 39.8 Å². The maximum absolute atomic E-state index is 12.5. The zero-order valence-electron chi connectivity index (χ0n) is 15.3. The number of ether oxygens (including phenoxy) is 1. The van der Waals surface area contributed by atoms with Gasteiger partial charge in [-0.15, -0.1) is 0 Å². The van der Waals surface area contributed by atoms with E-state index >= 15 is 0 Å². The molecule has 1 amide bonds. The Morgan fingerprint density at radius 3 is 2.58 bits per heavy atom. The first-order valence-corrected chi connectivity index (χ1v) is 8.76. The molecule has 0 saturated carbocycles. The summed E-state index contributed by atoms with van der Waals surface area (Å²) in [6.45, 7) is 5.96. The number of nitrogens with one attached hydrogen (secondary N) is 2. The highest BCUT2D eigenvalue weighted by Gasteiger charge is 2.26. The molecular weight excluding hydrogens is 328 g/mol. The van der Waals surface area contributed by atoms with Crippen LogP contribution in [0.15, 0.2) is 48.5 Å². The first kappa shape index (κ1) is 18.1. The number of anilines is 1. The molecule has 2 N–H and O–H groups in total. The number of fused-ring (bicyclic) bond motifs is 1. The van der Waals surface area contributed by atoms with Gasteiger partial charge in [0.05, 0.1) is 11.5 Å². The molecule has 0 aliphatic carbocycles. The predicted octanol–water partition coefficient (Wildman–Crippen LogP) is 3.29. The summed E-state index contributed by atoms with van der Waals surface area (Å²) in [5, 5.41) is 6.26. The predicted molar refractivity (Wildman–Crippen MR) is 101 cm³/mol. The zero-order chi connectivity index (χ0) is 18.7. The van der Waals surface area contributed by atoms with Gasteiger partial charge >= 0.3 is 5.97 Å². The molecule has 1 aliphatic heterocycles. The molecule has 0 aromatic heterocycles. The van der Waals surface area contributed by atoms with Gasteiger partial charge in [-0.2, -0.15) is 0 Å². The molecule has 1 heterocycles. The van der Waals surface area contributed by atoms with E-state index in [-0.39, 0.29) is 17.9 Å². The largest absolute Gasteiger partial charge is 0.426 e. The normalized spacial score (nSPS) is 17.0. The smallest absolute Gasteiger partial charge is 0.316 e. The molecule has 0 radical (unpaired) electrons. The second kappa shape index (κ2) is 7.30. The van der Waals surface area contributed by atoms with E-state index in [2.05, 4.69) is 10.6 Å². The lowest BCUT2D eigenvalue weighted by Crippen LogP contribution is -2.39. The number of hydrogen-bond donors (Lipinski definition) is 2. The van der Waals surface area contributed by atoms with Crippen LogP contribution in [0.1, 0.15) is 31.9 Å². The minimum absolute atomic E-state index is 0.0629. The van der Waals surface area contributed by atoms with Gasteiger partial charge in [-0.3, -0.25) is 9.59 Å². The molecule has 0 saturated heterocycles. The molecule has 2 aromatic carbocycles. The average molecular weight is 352 g/mol. The van der Waals surface area contributed by atoms with Crippen LogP contribution >= 0.6 is 0 Å². The molecule has 1 atom stereocenters. The van der Waals surface area contributed by atoms with Crippen LogP contribution in [0.25, 0.3) is 0 Å². The van der Waals surface area contributed by atoms with Crippen LogP contribution < -0.4 is 15.4 Å². The van der Waals surface area contributed by atoms with E-state index in [1.165, 1.54) is 0 Å². The Balaban J connectivity index is 1.73. The maximum atomic E-state index is 12.5. The third kappa shape index (κ3) is 4.29. The number of hydrogen-bond acceptors (Lipinski definition) is 4. The number of benzene rings is 2. The SMILES string of the molecule is CC(C)(C)C(=O)Oc1ccc2c(c1)CNC(Cc1ccccc1)C(=O)N2. The van der Waals surface area contributed by atoms with Crippen molar-refractivity contribution in [1.82, 2.24) is 5.32 Å². The van der Waals surface area contributed by atoms with Crippen LogP contribution in [0, 0.1) is 5.41 Å². The van der Waals surface area contributed by atoms with E-state index in [1.807, 2.05) is 51.1 Å². The number of esters is 1. The summed E-state index contributed by atoms with van der Waals surface area (Å²) in [7, 11) is 0. The molecule has 5 nitrogen and oxygen atoms in total. The van der Waals surface area contributed by atoms with E-state index in [4.69, 9.17) is 4.74 Å². The fraction of sp³-hybridized carbons (Fsp3) is 0.333. The van der Waals surface area contributed by atoms with E-state index in [9.17, 15) is 9.59 Å². The van der Waals surface area contributed by atoms with E-state index < -0.39 is 5.41 Å². The summed E-state index contributed by atoms with van der Waals surface area (Å²) in [6.07, 6.45) is 0.618. The van der Waals surface area contributed by atoms with Crippen molar-refractivity contribution >= 4 is 17.6 Å². The minimum atomic E-state index is -0.569. The van der Waals surface area contributed by atoms with Crippen LogP contribution in [0.5, 0.6) is 5.75 Å². The molecule has 5 heteroatoms. The first-order valence-electron chi connectivity index (χ1n) is 8.76. The number of amides is 1. The summed E-state index contributed by atoms with van der Waals surface area (Å²) in [6, 6.07) is 14.9. The fourth-order valence-electron chi connectivity index (χ4n) is 2.72. The lowest BCUT2D eigenvalue weighted by Gasteiger charge is -2.17. The monoisotopic (exact) mass is 352 g/mol. The summed E-state index contributed by atoms with van der Waals surface area (Å²) in [5.74, 6) is 0.137. The number of carbonyl (C=O) groups is 2. The maximum Gasteiger partial charge on any atom is 0.316 e. The van der Waals surface area contributed by atoms with Gasteiger partial charge in [0, 0.05) is 12.2 Å². The Morgan fingerprint density at radius 2 is 1.88 bits per heavy atom. The second-order valence-electron chi connectivity index (χ2n) is 7.57. The lowest BCUT2D eigenvalue weighted by atomic mass is 9.97. The molecular formula is C21H24N2O3. The van der Waals surface area contributed by atoms with Crippen molar-refractivity contribution in [1.29, 1.82) is 0 Å². The van der Waals surface area contributed by atoms with Gasteiger partial charge < -0.3 is 15.4 Å². The highest BCUT2D eigenvalue weighted by Crippen LogP contribution is 2.26. The van der Waals surface area contributed by atoms with E-state index in [0.717, 1.165) is 16.8 Å². The van der Waals surface area contributed by atoms with Crippen LogP contribution in [-0.2, 0) is 22.6 Å². The van der Waals surface area contributed by atoms with Gasteiger partial charge in [0.15, 0.2) is 0 Å². The molecule has 1 unspecified atom stereocenters. The van der Waals surface area contributed by atoms with Crippen molar-refractivity contribution in [3.8, 4) is 5.75 Å².